The number of nitrogens with zero attached hydrogens (tertiary/aromatic N) is 1. The second-order valence-electron chi connectivity index (χ2n) is 5.78. The number of oxazole rings is 1. The number of aryl methyl sites for hydroxylation is 2. The van der Waals surface area contributed by atoms with Gasteiger partial charge in [0.05, 0.1) is 10.6 Å². The molecule has 5 heteroatoms. The van der Waals surface area contributed by atoms with E-state index in [1.54, 1.807) is 31.2 Å². The zero-order chi connectivity index (χ0) is 17.3. The highest BCUT2D eigenvalue weighted by Gasteiger charge is 2.14. The summed E-state index contributed by atoms with van der Waals surface area (Å²) in [6, 6.07) is 11.0. The van der Waals surface area contributed by atoms with Crippen LogP contribution in [-0.2, 0) is 9.84 Å². The highest BCUT2D eigenvalue weighted by atomic mass is 32.2. The van der Waals surface area contributed by atoms with E-state index in [0.717, 1.165) is 5.56 Å². The van der Waals surface area contributed by atoms with Gasteiger partial charge in [0, 0.05) is 6.08 Å². The fourth-order valence-corrected chi connectivity index (χ4v) is 3.43. The van der Waals surface area contributed by atoms with Crippen LogP contribution >= 0.6 is 0 Å². The molecule has 124 valence electrons. The van der Waals surface area contributed by atoms with E-state index in [9.17, 15) is 8.42 Å². The molecule has 0 saturated carbocycles. The molecule has 24 heavy (non-hydrogen) atoms. The average molecular weight is 341 g/mol. The van der Waals surface area contributed by atoms with Gasteiger partial charge in [-0.2, -0.15) is 0 Å². The Labute approximate surface area is 141 Å². The normalized spacial score (nSPS) is 12.3. The molecule has 1 aromatic heterocycles. The van der Waals surface area contributed by atoms with Crippen LogP contribution in [0.5, 0.6) is 0 Å². The van der Waals surface area contributed by atoms with Gasteiger partial charge in [0.15, 0.2) is 15.4 Å². The highest BCUT2D eigenvalue weighted by molar-refractivity contribution is 7.91. The van der Waals surface area contributed by atoms with E-state index in [1.165, 1.54) is 11.1 Å². The van der Waals surface area contributed by atoms with Gasteiger partial charge in [-0.25, -0.2) is 13.4 Å². The number of benzene rings is 2. The summed E-state index contributed by atoms with van der Waals surface area (Å²) in [4.78, 5) is 4.64. The lowest BCUT2D eigenvalue weighted by molar-refractivity contribution is 0.589. The fraction of sp³-hybridized carbons (Fsp3) is 0.211. The van der Waals surface area contributed by atoms with Crippen LogP contribution in [0.2, 0.25) is 0 Å². The number of hydrogen-bond acceptors (Lipinski definition) is 4. The van der Waals surface area contributed by atoms with E-state index >= 15 is 0 Å². The molecule has 0 aliphatic heterocycles. The SMILES string of the molecule is CCS(=O)(=O)c1ccc2oc(/C=C/c3ccc(C)cc3C)nc2c1. The molecule has 3 aromatic rings. The summed E-state index contributed by atoms with van der Waals surface area (Å²) in [5.41, 5.74) is 4.61. The molecule has 0 spiro atoms. The molecule has 0 saturated heterocycles. The minimum Gasteiger partial charge on any atom is -0.437 e. The van der Waals surface area contributed by atoms with Crippen LogP contribution in [0.25, 0.3) is 23.3 Å². The minimum atomic E-state index is -3.25. The Hall–Kier alpha value is -2.40. The lowest BCUT2D eigenvalue weighted by atomic mass is 10.1. The monoisotopic (exact) mass is 341 g/mol. The topological polar surface area (TPSA) is 60.2 Å². The standard InChI is InChI=1S/C19H19NO3S/c1-4-24(21,22)16-8-9-18-17(12-16)20-19(23-18)10-7-15-6-5-13(2)11-14(15)3/h5-12H,4H2,1-3H3/b10-7+. The zero-order valence-electron chi connectivity index (χ0n) is 13.9. The first-order valence-electron chi connectivity index (χ1n) is 7.78. The van der Waals surface area contributed by atoms with Crippen molar-refractivity contribution >= 4 is 33.1 Å². The first-order valence-corrected chi connectivity index (χ1v) is 9.43. The van der Waals surface area contributed by atoms with E-state index in [4.69, 9.17) is 4.42 Å². The largest absolute Gasteiger partial charge is 0.437 e. The van der Waals surface area contributed by atoms with Crippen molar-refractivity contribution in [2.45, 2.75) is 25.7 Å². The second-order valence-corrected chi connectivity index (χ2v) is 8.06. The molecule has 4 nitrogen and oxygen atoms in total. The number of rotatable bonds is 4. The van der Waals surface area contributed by atoms with Gasteiger partial charge in [-0.3, -0.25) is 0 Å². The molecular weight excluding hydrogens is 322 g/mol. The van der Waals surface area contributed by atoms with Gasteiger partial charge in [-0.15, -0.1) is 0 Å². The summed E-state index contributed by atoms with van der Waals surface area (Å²) in [6.45, 7) is 5.74. The van der Waals surface area contributed by atoms with Gasteiger partial charge >= 0.3 is 0 Å². The van der Waals surface area contributed by atoms with Crippen molar-refractivity contribution in [3.05, 3.63) is 59.0 Å². The molecule has 0 aliphatic rings. The van der Waals surface area contributed by atoms with Crippen LogP contribution in [0.4, 0.5) is 0 Å². The van der Waals surface area contributed by atoms with Gasteiger partial charge in [0.2, 0.25) is 5.89 Å². The summed E-state index contributed by atoms with van der Waals surface area (Å²) in [5.74, 6) is 0.520. The smallest absolute Gasteiger partial charge is 0.220 e. The van der Waals surface area contributed by atoms with Gasteiger partial charge in [0.1, 0.15) is 5.52 Å². The van der Waals surface area contributed by atoms with Crippen LogP contribution in [-0.4, -0.2) is 19.2 Å². The molecule has 0 unspecified atom stereocenters. The molecule has 0 atom stereocenters. The summed E-state index contributed by atoms with van der Waals surface area (Å²) in [6.07, 6.45) is 3.74. The first-order chi connectivity index (χ1) is 11.4. The average Bonchev–Trinajstić information content (AvgIpc) is 2.96. The van der Waals surface area contributed by atoms with Crippen molar-refractivity contribution in [1.29, 1.82) is 0 Å². The molecule has 0 amide bonds. The van der Waals surface area contributed by atoms with Crippen molar-refractivity contribution in [2.24, 2.45) is 0 Å². The molecule has 0 bridgehead atoms. The molecule has 0 radical (unpaired) electrons. The molecule has 1 heterocycles. The van der Waals surface area contributed by atoms with Gasteiger partial charge in [-0.05, 0) is 49.2 Å². The molecule has 0 aliphatic carbocycles. The second kappa shape index (κ2) is 6.24. The van der Waals surface area contributed by atoms with Crippen LogP contribution in [0, 0.1) is 13.8 Å². The number of fused-ring (bicyclic) bond motifs is 1. The Morgan fingerprint density at radius 3 is 2.58 bits per heavy atom. The van der Waals surface area contributed by atoms with E-state index in [0.29, 0.717) is 17.0 Å². The highest BCUT2D eigenvalue weighted by Crippen LogP contribution is 2.22. The summed E-state index contributed by atoms with van der Waals surface area (Å²) in [5, 5.41) is 0. The maximum Gasteiger partial charge on any atom is 0.220 e. The Bertz CT molecular complexity index is 1030. The molecule has 0 fully saturated rings. The molecule has 2 aromatic carbocycles. The van der Waals surface area contributed by atoms with Crippen LogP contribution in [0.15, 0.2) is 45.7 Å². The predicted molar refractivity (Wildman–Crippen MR) is 96.6 cm³/mol. The first kappa shape index (κ1) is 16.5. The lowest BCUT2D eigenvalue weighted by Gasteiger charge is -2.00. The lowest BCUT2D eigenvalue weighted by Crippen LogP contribution is -2.03. The van der Waals surface area contributed by atoms with Crippen molar-refractivity contribution in [2.75, 3.05) is 5.75 Å². The number of sulfone groups is 1. The van der Waals surface area contributed by atoms with E-state index in [2.05, 4.69) is 37.0 Å². The maximum absolute atomic E-state index is 12.0. The molecule has 3 rings (SSSR count). The van der Waals surface area contributed by atoms with Crippen molar-refractivity contribution < 1.29 is 12.8 Å². The van der Waals surface area contributed by atoms with Gasteiger partial charge in [-0.1, -0.05) is 30.7 Å². The van der Waals surface area contributed by atoms with Crippen LogP contribution in [0.1, 0.15) is 29.5 Å². The third-order valence-electron chi connectivity index (χ3n) is 3.95. The Morgan fingerprint density at radius 1 is 1.08 bits per heavy atom. The van der Waals surface area contributed by atoms with E-state index in [1.807, 2.05) is 6.08 Å². The van der Waals surface area contributed by atoms with Crippen molar-refractivity contribution in [3.8, 4) is 0 Å². The summed E-state index contributed by atoms with van der Waals surface area (Å²) >= 11 is 0. The molecular formula is C19H19NO3S. The quantitative estimate of drug-likeness (QED) is 0.705. The Balaban J connectivity index is 1.95. The van der Waals surface area contributed by atoms with Crippen LogP contribution in [0.3, 0.4) is 0 Å². The maximum atomic E-state index is 12.0. The van der Waals surface area contributed by atoms with Gasteiger partial charge < -0.3 is 4.42 Å². The predicted octanol–water partition coefficient (Wildman–Crippen LogP) is 4.41. The zero-order valence-corrected chi connectivity index (χ0v) is 14.7. The summed E-state index contributed by atoms with van der Waals surface area (Å²) < 4.78 is 29.6. The fourth-order valence-electron chi connectivity index (χ4n) is 2.53. The Morgan fingerprint density at radius 2 is 1.88 bits per heavy atom. The van der Waals surface area contributed by atoms with E-state index < -0.39 is 9.84 Å². The van der Waals surface area contributed by atoms with E-state index in [-0.39, 0.29) is 10.6 Å². The minimum absolute atomic E-state index is 0.0653. The third-order valence-corrected chi connectivity index (χ3v) is 5.68. The number of hydrogen-bond donors (Lipinski definition) is 0. The van der Waals surface area contributed by atoms with Crippen molar-refractivity contribution in [3.63, 3.8) is 0 Å². The third kappa shape index (κ3) is 3.26. The van der Waals surface area contributed by atoms with Gasteiger partial charge in [0.25, 0.3) is 0 Å². The summed E-state index contributed by atoms with van der Waals surface area (Å²) in [7, 11) is -3.25. The van der Waals surface area contributed by atoms with Crippen molar-refractivity contribution in [1.82, 2.24) is 4.98 Å². The Kier molecular flexibility index (Phi) is 4.28. The number of aromatic nitrogens is 1. The molecule has 0 N–H and O–H groups in total. The van der Waals surface area contributed by atoms with Crippen LogP contribution < -0.4 is 0 Å².